The minimum atomic E-state index is -0.809. The van der Waals surface area contributed by atoms with E-state index in [1.165, 1.54) is 24.3 Å². The molecule has 1 aliphatic heterocycles. The van der Waals surface area contributed by atoms with E-state index >= 15 is 0 Å². The second kappa shape index (κ2) is 5.93. The fourth-order valence-electron chi connectivity index (χ4n) is 2.03. The highest BCUT2D eigenvalue weighted by Gasteiger charge is 2.22. The molecule has 0 saturated carbocycles. The zero-order valence-electron chi connectivity index (χ0n) is 10.0. The Hall–Kier alpha value is -1.46. The maximum atomic E-state index is 12.7. The maximum Gasteiger partial charge on any atom is 0.237 e. The van der Waals surface area contributed by atoms with Crippen molar-refractivity contribution in [1.29, 1.82) is 0 Å². The van der Waals surface area contributed by atoms with Gasteiger partial charge in [0, 0.05) is 6.54 Å². The highest BCUT2D eigenvalue weighted by molar-refractivity contribution is 5.82. The molecule has 2 rings (SSSR count). The number of amides is 1. The Kier molecular flexibility index (Phi) is 4.28. The Morgan fingerprint density at radius 2 is 2.22 bits per heavy atom. The monoisotopic (exact) mass is 252 g/mol. The van der Waals surface area contributed by atoms with Crippen molar-refractivity contribution in [3.05, 3.63) is 35.6 Å². The van der Waals surface area contributed by atoms with E-state index in [-0.39, 0.29) is 24.3 Å². The summed E-state index contributed by atoms with van der Waals surface area (Å²) < 4.78 is 12.7. The van der Waals surface area contributed by atoms with Crippen LogP contribution in [0.15, 0.2) is 24.3 Å². The van der Waals surface area contributed by atoms with Crippen molar-refractivity contribution in [3.63, 3.8) is 0 Å². The van der Waals surface area contributed by atoms with E-state index in [1.54, 1.807) is 0 Å². The number of rotatable bonds is 4. The summed E-state index contributed by atoms with van der Waals surface area (Å²) in [6.07, 6.45) is 1.02. The number of carbonyl (C=O) groups is 1. The number of aliphatic hydroxyl groups excluding tert-OH is 1. The number of aliphatic hydroxyl groups is 1. The first-order valence-corrected chi connectivity index (χ1v) is 6.11. The van der Waals surface area contributed by atoms with Crippen molar-refractivity contribution in [2.45, 2.75) is 25.0 Å². The lowest BCUT2D eigenvalue weighted by molar-refractivity contribution is -0.123. The van der Waals surface area contributed by atoms with E-state index in [4.69, 9.17) is 0 Å². The molecule has 0 unspecified atom stereocenters. The number of carbonyl (C=O) groups excluding carboxylic acids is 1. The summed E-state index contributed by atoms with van der Waals surface area (Å²) in [5.74, 6) is -0.432. The molecule has 18 heavy (non-hydrogen) atoms. The SMILES string of the molecule is O=C(NC[C@@H](O)c1ccc(F)cc1)[C@H]1CCCN1. The molecule has 1 aliphatic rings. The van der Waals surface area contributed by atoms with Gasteiger partial charge in [0.25, 0.3) is 0 Å². The molecular formula is C13H17FN2O2. The molecule has 1 amide bonds. The summed E-state index contributed by atoms with van der Waals surface area (Å²) in [5.41, 5.74) is 0.594. The second-order valence-electron chi connectivity index (χ2n) is 4.46. The van der Waals surface area contributed by atoms with Crippen LogP contribution >= 0.6 is 0 Å². The third kappa shape index (κ3) is 3.27. The fourth-order valence-corrected chi connectivity index (χ4v) is 2.03. The normalized spacial score (nSPS) is 20.7. The van der Waals surface area contributed by atoms with E-state index in [0.29, 0.717) is 5.56 Å². The molecule has 3 N–H and O–H groups in total. The van der Waals surface area contributed by atoms with Crippen LogP contribution in [-0.4, -0.2) is 30.1 Å². The van der Waals surface area contributed by atoms with Crippen molar-refractivity contribution in [2.75, 3.05) is 13.1 Å². The molecule has 2 atom stereocenters. The van der Waals surface area contributed by atoms with Crippen LogP contribution in [0.1, 0.15) is 24.5 Å². The summed E-state index contributed by atoms with van der Waals surface area (Å²) >= 11 is 0. The summed E-state index contributed by atoms with van der Waals surface area (Å²) in [4.78, 5) is 11.7. The molecule has 0 spiro atoms. The summed E-state index contributed by atoms with van der Waals surface area (Å²) in [6, 6.07) is 5.46. The third-order valence-electron chi connectivity index (χ3n) is 3.10. The van der Waals surface area contributed by atoms with E-state index in [9.17, 15) is 14.3 Å². The van der Waals surface area contributed by atoms with E-state index in [2.05, 4.69) is 10.6 Å². The molecule has 5 heteroatoms. The van der Waals surface area contributed by atoms with Gasteiger partial charge >= 0.3 is 0 Å². The number of nitrogens with one attached hydrogen (secondary N) is 2. The zero-order chi connectivity index (χ0) is 13.0. The van der Waals surface area contributed by atoms with Gasteiger partial charge < -0.3 is 15.7 Å². The molecule has 1 aromatic carbocycles. The Balaban J connectivity index is 1.82. The van der Waals surface area contributed by atoms with E-state index in [1.807, 2.05) is 0 Å². The van der Waals surface area contributed by atoms with Gasteiger partial charge in [-0.1, -0.05) is 12.1 Å². The number of hydrogen-bond acceptors (Lipinski definition) is 3. The molecule has 1 heterocycles. The van der Waals surface area contributed by atoms with Crippen molar-refractivity contribution >= 4 is 5.91 Å². The minimum absolute atomic E-state index is 0.0892. The Morgan fingerprint density at radius 1 is 1.50 bits per heavy atom. The maximum absolute atomic E-state index is 12.7. The summed E-state index contributed by atoms with van der Waals surface area (Å²) in [5, 5.41) is 15.6. The Morgan fingerprint density at radius 3 is 2.83 bits per heavy atom. The topological polar surface area (TPSA) is 61.4 Å². The van der Waals surface area contributed by atoms with Gasteiger partial charge in [0.05, 0.1) is 12.1 Å². The van der Waals surface area contributed by atoms with Crippen LogP contribution in [0.3, 0.4) is 0 Å². The van der Waals surface area contributed by atoms with Gasteiger partial charge in [0.15, 0.2) is 0 Å². The van der Waals surface area contributed by atoms with Crippen LogP contribution in [0, 0.1) is 5.82 Å². The lowest BCUT2D eigenvalue weighted by Gasteiger charge is -2.15. The lowest BCUT2D eigenvalue weighted by Crippen LogP contribution is -2.41. The molecule has 1 aromatic rings. The minimum Gasteiger partial charge on any atom is -0.387 e. The number of benzene rings is 1. The van der Waals surface area contributed by atoms with Crippen LogP contribution < -0.4 is 10.6 Å². The first-order chi connectivity index (χ1) is 8.66. The highest BCUT2D eigenvalue weighted by Crippen LogP contribution is 2.12. The number of halogens is 1. The van der Waals surface area contributed by atoms with Gasteiger partial charge in [0.1, 0.15) is 5.82 Å². The van der Waals surface area contributed by atoms with Crippen molar-refractivity contribution in [1.82, 2.24) is 10.6 Å². The molecule has 0 radical (unpaired) electrons. The van der Waals surface area contributed by atoms with Crippen LogP contribution in [0.4, 0.5) is 4.39 Å². The van der Waals surface area contributed by atoms with E-state index < -0.39 is 6.10 Å². The van der Waals surface area contributed by atoms with Gasteiger partial charge in [0.2, 0.25) is 5.91 Å². The smallest absolute Gasteiger partial charge is 0.237 e. The fraction of sp³-hybridized carbons (Fsp3) is 0.462. The molecular weight excluding hydrogens is 235 g/mol. The average Bonchev–Trinajstić information content (AvgIpc) is 2.90. The molecule has 98 valence electrons. The molecule has 4 nitrogen and oxygen atoms in total. The Labute approximate surface area is 105 Å². The first kappa shape index (κ1) is 13.0. The standard InChI is InChI=1S/C13H17FN2O2/c14-10-5-3-9(4-6-10)12(17)8-16-13(18)11-2-1-7-15-11/h3-6,11-12,15,17H,1-2,7-8H2,(H,16,18)/t11-,12-/m1/s1. The quantitative estimate of drug-likeness (QED) is 0.740. The van der Waals surface area contributed by atoms with E-state index in [0.717, 1.165) is 19.4 Å². The van der Waals surface area contributed by atoms with Gasteiger partial charge in [-0.2, -0.15) is 0 Å². The van der Waals surface area contributed by atoms with Gasteiger partial charge in [-0.15, -0.1) is 0 Å². The molecule has 0 bridgehead atoms. The molecule has 0 aromatic heterocycles. The second-order valence-corrected chi connectivity index (χ2v) is 4.46. The third-order valence-corrected chi connectivity index (χ3v) is 3.10. The predicted octanol–water partition coefficient (Wildman–Crippen LogP) is 0.727. The summed E-state index contributed by atoms with van der Waals surface area (Å²) in [7, 11) is 0. The van der Waals surface area contributed by atoms with Crippen molar-refractivity contribution in [2.24, 2.45) is 0 Å². The van der Waals surface area contributed by atoms with Crippen LogP contribution in [0.2, 0.25) is 0 Å². The molecule has 0 aliphatic carbocycles. The predicted molar refractivity (Wildman–Crippen MR) is 65.4 cm³/mol. The summed E-state index contributed by atoms with van der Waals surface area (Å²) in [6.45, 7) is 1.00. The molecule has 1 saturated heterocycles. The van der Waals surface area contributed by atoms with Gasteiger partial charge in [-0.25, -0.2) is 4.39 Å². The number of hydrogen-bond donors (Lipinski definition) is 3. The van der Waals surface area contributed by atoms with Crippen molar-refractivity contribution < 1.29 is 14.3 Å². The highest BCUT2D eigenvalue weighted by atomic mass is 19.1. The van der Waals surface area contributed by atoms with Crippen LogP contribution in [0.25, 0.3) is 0 Å². The van der Waals surface area contributed by atoms with Crippen molar-refractivity contribution in [3.8, 4) is 0 Å². The van der Waals surface area contributed by atoms with Crippen LogP contribution in [0.5, 0.6) is 0 Å². The molecule has 1 fully saturated rings. The Bertz CT molecular complexity index is 402. The first-order valence-electron chi connectivity index (χ1n) is 6.11. The van der Waals surface area contributed by atoms with Crippen LogP contribution in [-0.2, 0) is 4.79 Å². The zero-order valence-corrected chi connectivity index (χ0v) is 10.0. The largest absolute Gasteiger partial charge is 0.387 e. The lowest BCUT2D eigenvalue weighted by atomic mass is 10.1. The average molecular weight is 252 g/mol. The van der Waals surface area contributed by atoms with Gasteiger partial charge in [-0.3, -0.25) is 4.79 Å². The van der Waals surface area contributed by atoms with Gasteiger partial charge in [-0.05, 0) is 37.1 Å².